The van der Waals surface area contributed by atoms with Gasteiger partial charge in [0.25, 0.3) is 0 Å². The van der Waals surface area contributed by atoms with Crippen molar-refractivity contribution in [3.05, 3.63) is 94.5 Å². The maximum absolute atomic E-state index is 10.2. The molecule has 0 aromatic heterocycles. The van der Waals surface area contributed by atoms with Gasteiger partial charge in [-0.25, -0.2) is 0 Å². The molecule has 0 heterocycles. The number of aromatic hydroxyl groups is 3. The number of aryl methyl sites for hydroxylation is 4. The molecule has 3 N–H and O–H groups in total. The first-order valence-electron chi connectivity index (χ1n) is 11.1. The van der Waals surface area contributed by atoms with Gasteiger partial charge in [0, 0.05) is 22.6 Å². The number of nitrogens with zero attached hydrogens (tertiary/aromatic N) is 1. The van der Waals surface area contributed by atoms with Crippen LogP contribution in [0.2, 0.25) is 0 Å². The third-order valence-corrected chi connectivity index (χ3v) is 6.09. The summed E-state index contributed by atoms with van der Waals surface area (Å²) in [7, 11) is 0. The molecular formula is C29H29NO4. The van der Waals surface area contributed by atoms with Crippen LogP contribution >= 0.6 is 0 Å². The highest BCUT2D eigenvalue weighted by molar-refractivity contribution is 5.82. The molecule has 0 radical (unpaired) electrons. The van der Waals surface area contributed by atoms with E-state index in [-0.39, 0.29) is 17.2 Å². The first kappa shape index (κ1) is 23.1. The summed E-state index contributed by atoms with van der Waals surface area (Å²) in [6.07, 6.45) is 0. The van der Waals surface area contributed by atoms with Crippen molar-refractivity contribution in [2.45, 2.75) is 34.6 Å². The van der Waals surface area contributed by atoms with Gasteiger partial charge in [-0.05, 0) is 118 Å². The van der Waals surface area contributed by atoms with Crippen LogP contribution in [0.1, 0.15) is 27.8 Å². The first-order chi connectivity index (χ1) is 16.2. The molecule has 0 amide bonds. The Hall–Kier alpha value is -4.12. The standard InChI is InChI=1S/C29H29NO4/c1-17-15-27(32)19(3)13-24(17)30(25-14-20(4)28(33)16-18(25)2)22-9-11-23(12-10-22)34-29-8-6-7-26(31)21(29)5/h6-16,31-33H,1-5H3. The Morgan fingerprint density at radius 2 is 1.12 bits per heavy atom. The van der Waals surface area contributed by atoms with Gasteiger partial charge >= 0.3 is 0 Å². The summed E-state index contributed by atoms with van der Waals surface area (Å²) in [6.45, 7) is 9.49. The summed E-state index contributed by atoms with van der Waals surface area (Å²) in [5.41, 5.74) is 6.84. The molecule has 0 saturated carbocycles. The van der Waals surface area contributed by atoms with Crippen LogP contribution in [0.5, 0.6) is 28.7 Å². The fraction of sp³-hybridized carbons (Fsp3) is 0.172. The van der Waals surface area contributed by atoms with Crippen molar-refractivity contribution in [1.82, 2.24) is 0 Å². The summed E-state index contributed by atoms with van der Waals surface area (Å²) in [4.78, 5) is 2.12. The van der Waals surface area contributed by atoms with Crippen LogP contribution in [0.15, 0.2) is 66.7 Å². The Bertz CT molecular complexity index is 1300. The summed E-state index contributed by atoms with van der Waals surface area (Å²) >= 11 is 0. The highest BCUT2D eigenvalue weighted by atomic mass is 16.5. The number of phenols is 3. The van der Waals surface area contributed by atoms with Gasteiger partial charge in [-0.15, -0.1) is 0 Å². The van der Waals surface area contributed by atoms with E-state index < -0.39 is 0 Å². The Kier molecular flexibility index (Phi) is 6.12. The number of hydrogen-bond donors (Lipinski definition) is 3. The zero-order valence-corrected chi connectivity index (χ0v) is 20.0. The van der Waals surface area contributed by atoms with E-state index in [1.807, 2.05) is 77.1 Å². The van der Waals surface area contributed by atoms with Gasteiger partial charge in [0.15, 0.2) is 0 Å². The number of hydrogen-bond acceptors (Lipinski definition) is 5. The maximum atomic E-state index is 10.2. The third-order valence-electron chi connectivity index (χ3n) is 6.09. The van der Waals surface area contributed by atoms with E-state index >= 15 is 0 Å². The van der Waals surface area contributed by atoms with Crippen molar-refractivity contribution in [2.24, 2.45) is 0 Å². The van der Waals surface area contributed by atoms with Crippen LogP contribution in [0.4, 0.5) is 17.1 Å². The number of phenolic OH excluding ortho intramolecular Hbond substituents is 3. The van der Waals surface area contributed by atoms with Crippen LogP contribution < -0.4 is 9.64 Å². The zero-order valence-electron chi connectivity index (χ0n) is 20.0. The smallest absolute Gasteiger partial charge is 0.134 e. The Morgan fingerprint density at radius 3 is 1.65 bits per heavy atom. The molecule has 5 nitrogen and oxygen atoms in total. The van der Waals surface area contributed by atoms with E-state index in [9.17, 15) is 15.3 Å². The molecule has 4 aromatic rings. The van der Waals surface area contributed by atoms with Gasteiger partial charge in [-0.1, -0.05) is 6.07 Å². The molecule has 0 unspecified atom stereocenters. The first-order valence-corrected chi connectivity index (χ1v) is 11.1. The second kappa shape index (κ2) is 9.02. The minimum Gasteiger partial charge on any atom is -0.508 e. The Morgan fingerprint density at radius 1 is 0.588 bits per heavy atom. The molecule has 4 rings (SSSR count). The lowest BCUT2D eigenvalue weighted by Gasteiger charge is -2.29. The van der Waals surface area contributed by atoms with E-state index in [4.69, 9.17) is 4.74 Å². The Balaban J connectivity index is 1.81. The molecule has 0 saturated heterocycles. The molecule has 0 bridgehead atoms. The molecule has 0 spiro atoms. The largest absolute Gasteiger partial charge is 0.508 e. The lowest BCUT2D eigenvalue weighted by molar-refractivity contribution is 0.448. The predicted octanol–water partition coefficient (Wildman–Crippen LogP) is 7.61. The number of rotatable bonds is 5. The molecular weight excluding hydrogens is 426 g/mol. The van der Waals surface area contributed by atoms with Crippen LogP contribution in [0.3, 0.4) is 0 Å². The van der Waals surface area contributed by atoms with Crippen molar-refractivity contribution >= 4 is 17.1 Å². The minimum atomic E-state index is 0.191. The second-order valence-corrected chi connectivity index (χ2v) is 8.68. The minimum absolute atomic E-state index is 0.191. The number of ether oxygens (including phenoxy) is 1. The van der Waals surface area contributed by atoms with Crippen molar-refractivity contribution in [3.8, 4) is 28.7 Å². The van der Waals surface area contributed by atoms with Crippen LogP contribution in [0, 0.1) is 34.6 Å². The molecule has 34 heavy (non-hydrogen) atoms. The SMILES string of the molecule is Cc1cc(N(c2ccc(Oc3cccc(O)c3C)cc2)c2cc(C)c(O)cc2C)c(C)cc1O. The van der Waals surface area contributed by atoms with E-state index in [1.165, 1.54) is 0 Å². The quantitative estimate of drug-likeness (QED) is 0.289. The number of benzene rings is 4. The second-order valence-electron chi connectivity index (χ2n) is 8.68. The van der Waals surface area contributed by atoms with Crippen LogP contribution in [-0.4, -0.2) is 15.3 Å². The monoisotopic (exact) mass is 455 g/mol. The van der Waals surface area contributed by atoms with Crippen LogP contribution in [0.25, 0.3) is 0 Å². The fourth-order valence-electron chi connectivity index (χ4n) is 3.96. The molecule has 4 aromatic carbocycles. The van der Waals surface area contributed by atoms with Crippen molar-refractivity contribution in [1.29, 1.82) is 0 Å². The molecule has 0 aliphatic heterocycles. The highest BCUT2D eigenvalue weighted by Crippen LogP contribution is 2.42. The lowest BCUT2D eigenvalue weighted by atomic mass is 10.0. The van der Waals surface area contributed by atoms with Gasteiger partial charge < -0.3 is 25.0 Å². The van der Waals surface area contributed by atoms with Gasteiger partial charge in [0.2, 0.25) is 0 Å². The van der Waals surface area contributed by atoms with Gasteiger partial charge in [-0.2, -0.15) is 0 Å². The molecule has 0 atom stereocenters. The zero-order chi connectivity index (χ0) is 24.6. The molecule has 0 fully saturated rings. The van der Waals surface area contributed by atoms with Crippen LogP contribution in [-0.2, 0) is 0 Å². The normalized spacial score (nSPS) is 10.9. The molecule has 5 heteroatoms. The number of anilines is 3. The topological polar surface area (TPSA) is 73.2 Å². The van der Waals surface area contributed by atoms with Crippen molar-refractivity contribution in [2.75, 3.05) is 4.90 Å². The molecule has 174 valence electrons. The average Bonchev–Trinajstić information content (AvgIpc) is 2.79. The Labute approximate surface area is 200 Å². The summed E-state index contributed by atoms with van der Waals surface area (Å²) in [6, 6.07) is 20.4. The maximum Gasteiger partial charge on any atom is 0.134 e. The molecule has 0 aliphatic rings. The van der Waals surface area contributed by atoms with Crippen molar-refractivity contribution in [3.63, 3.8) is 0 Å². The van der Waals surface area contributed by atoms with Crippen molar-refractivity contribution < 1.29 is 20.1 Å². The van der Waals surface area contributed by atoms with Gasteiger partial charge in [0.1, 0.15) is 28.7 Å². The van der Waals surface area contributed by atoms with E-state index in [1.54, 1.807) is 24.3 Å². The van der Waals surface area contributed by atoms with E-state index in [0.717, 1.165) is 39.3 Å². The third kappa shape index (κ3) is 4.37. The lowest BCUT2D eigenvalue weighted by Crippen LogP contribution is -2.13. The average molecular weight is 456 g/mol. The van der Waals surface area contributed by atoms with Gasteiger partial charge in [-0.3, -0.25) is 0 Å². The highest BCUT2D eigenvalue weighted by Gasteiger charge is 2.19. The molecule has 0 aliphatic carbocycles. The summed E-state index contributed by atoms with van der Waals surface area (Å²) < 4.78 is 6.01. The summed E-state index contributed by atoms with van der Waals surface area (Å²) in [5, 5.41) is 30.4. The van der Waals surface area contributed by atoms with E-state index in [2.05, 4.69) is 4.90 Å². The van der Waals surface area contributed by atoms with Gasteiger partial charge in [0.05, 0.1) is 0 Å². The fourth-order valence-corrected chi connectivity index (χ4v) is 3.96. The predicted molar refractivity (Wildman–Crippen MR) is 136 cm³/mol. The van der Waals surface area contributed by atoms with E-state index in [0.29, 0.717) is 17.1 Å². The summed E-state index contributed by atoms with van der Waals surface area (Å²) in [5.74, 6) is 1.95.